The topological polar surface area (TPSA) is 539 Å². The molecule has 6 heterocycles. The molecule has 32 nitrogen and oxygen atoms in total. The lowest BCUT2D eigenvalue weighted by Gasteiger charge is -2.21. The Morgan fingerprint density at radius 1 is 0.571 bits per heavy atom. The van der Waals surface area contributed by atoms with Crippen LogP contribution in [0.25, 0.3) is 22.3 Å². The molecule has 0 amide bonds. The van der Waals surface area contributed by atoms with Crippen molar-refractivity contribution in [3.05, 3.63) is 25.3 Å². The SMILES string of the molecule is N.N.N.Nc1ncnc2c1ncn2[C@@H]1O[C@H](COP(=O)(O)OP(=O)(O)OP(=O)(O)OP(=O)(O)OC[C@@H]2O[C@H](n3cnc4c(N)ncnc43)[C@@H](O)[C@@H]2O)[C@H](O)[C@H]1O. The first kappa shape index (κ1) is 47.3. The fourth-order valence-corrected chi connectivity index (χ4v) is 10.1. The average molecular weight is 887 g/mol. The van der Waals surface area contributed by atoms with E-state index in [1.165, 1.54) is 0 Å². The van der Waals surface area contributed by atoms with Crippen molar-refractivity contribution in [2.24, 2.45) is 0 Å². The first-order chi connectivity index (χ1) is 24.7. The summed E-state index contributed by atoms with van der Waals surface area (Å²) in [6, 6.07) is 0. The highest BCUT2D eigenvalue weighted by Gasteiger charge is 2.50. The molecule has 56 heavy (non-hydrogen) atoms. The number of fused-ring (bicyclic) bond motifs is 2. The fraction of sp³-hybridized carbons (Fsp3) is 0.500. The molecular formula is C20H37N13O19P4. The van der Waals surface area contributed by atoms with E-state index in [0.29, 0.717) is 0 Å². The largest absolute Gasteiger partial charge is 0.490 e. The second-order valence-corrected chi connectivity index (χ2v) is 17.2. The first-order valence-electron chi connectivity index (χ1n) is 14.3. The Labute approximate surface area is 311 Å². The Hall–Kier alpha value is -3.10. The number of aliphatic hydroxyl groups is 4. The van der Waals surface area contributed by atoms with Gasteiger partial charge >= 0.3 is 31.3 Å². The average Bonchev–Trinajstić information content (AvgIpc) is 3.80. The number of rotatable bonds is 14. The highest BCUT2D eigenvalue weighted by molar-refractivity contribution is 7.69. The zero-order valence-corrected chi connectivity index (χ0v) is 31.6. The predicted octanol–water partition coefficient (Wildman–Crippen LogP) is -1.96. The minimum absolute atomic E-state index is 0. The maximum atomic E-state index is 12.4. The predicted molar refractivity (Wildman–Crippen MR) is 181 cm³/mol. The van der Waals surface area contributed by atoms with E-state index in [0.717, 1.165) is 34.4 Å². The van der Waals surface area contributed by atoms with E-state index in [1.807, 2.05) is 0 Å². The Morgan fingerprint density at radius 3 is 1.27 bits per heavy atom. The molecule has 0 bridgehead atoms. The third kappa shape index (κ3) is 9.94. The van der Waals surface area contributed by atoms with Gasteiger partial charge in [-0.1, -0.05) is 0 Å². The number of phosphoric acid groups is 4. The van der Waals surface area contributed by atoms with Crippen LogP contribution < -0.4 is 29.9 Å². The van der Waals surface area contributed by atoms with Crippen molar-refractivity contribution < 1.29 is 89.7 Å². The van der Waals surface area contributed by atoms with Crippen molar-refractivity contribution in [3.63, 3.8) is 0 Å². The Kier molecular flexibility index (Phi) is 14.7. The van der Waals surface area contributed by atoms with Gasteiger partial charge in [0.15, 0.2) is 35.4 Å². The maximum Gasteiger partial charge on any atom is 0.490 e. The first-order valence-corrected chi connectivity index (χ1v) is 20.3. The fourth-order valence-electron chi connectivity index (χ4n) is 5.11. The smallest absolute Gasteiger partial charge is 0.387 e. The molecule has 2 saturated heterocycles. The van der Waals surface area contributed by atoms with Gasteiger partial charge in [-0.15, -0.1) is 0 Å². The van der Waals surface area contributed by atoms with Gasteiger partial charge in [0.2, 0.25) is 0 Å². The zero-order valence-electron chi connectivity index (χ0n) is 28.1. The summed E-state index contributed by atoms with van der Waals surface area (Å²) in [5.41, 5.74) is 11.9. The molecule has 0 aliphatic carbocycles. The molecule has 0 saturated carbocycles. The number of hydrogen-bond acceptors (Lipinski definition) is 26. The summed E-state index contributed by atoms with van der Waals surface area (Å²) in [5, 5.41) is 41.8. The second-order valence-electron chi connectivity index (χ2n) is 11.0. The summed E-state index contributed by atoms with van der Waals surface area (Å²) in [6.07, 6.45) is -8.58. The highest BCUT2D eigenvalue weighted by atomic mass is 31.3. The number of ether oxygens (including phenoxy) is 2. The molecule has 21 N–H and O–H groups in total. The van der Waals surface area contributed by atoms with E-state index >= 15 is 0 Å². The summed E-state index contributed by atoms with van der Waals surface area (Å²) in [6.45, 7) is -2.22. The van der Waals surface area contributed by atoms with Crippen LogP contribution in [0.5, 0.6) is 0 Å². The van der Waals surface area contributed by atoms with Crippen LogP contribution in [0.15, 0.2) is 25.3 Å². The van der Waals surface area contributed by atoms with Crippen LogP contribution in [0.3, 0.4) is 0 Å². The third-order valence-corrected chi connectivity index (χ3v) is 13.3. The van der Waals surface area contributed by atoms with Gasteiger partial charge in [-0.05, 0) is 0 Å². The van der Waals surface area contributed by atoms with Crippen molar-refractivity contribution in [2.75, 3.05) is 24.7 Å². The second kappa shape index (κ2) is 17.4. The lowest BCUT2D eigenvalue weighted by Crippen LogP contribution is -2.33. The molecule has 6 rings (SSSR count). The zero-order chi connectivity index (χ0) is 38.7. The minimum atomic E-state index is -6.19. The number of phosphoric ester groups is 2. The normalized spacial score (nSPS) is 29.3. The quantitative estimate of drug-likeness (QED) is 0.0611. The molecule has 4 aromatic heterocycles. The van der Waals surface area contributed by atoms with E-state index in [1.54, 1.807) is 0 Å². The molecule has 4 aromatic rings. The van der Waals surface area contributed by atoms with Crippen LogP contribution in [0, 0.1) is 0 Å². The number of nitrogens with zero attached hydrogens (tertiary/aromatic N) is 8. The van der Waals surface area contributed by atoms with Crippen LogP contribution >= 0.6 is 31.3 Å². The van der Waals surface area contributed by atoms with Gasteiger partial charge in [0.05, 0.1) is 25.9 Å². The van der Waals surface area contributed by atoms with E-state index < -0.39 is 93.6 Å². The van der Waals surface area contributed by atoms with Gasteiger partial charge < -0.3 is 79.4 Å². The lowest BCUT2D eigenvalue weighted by molar-refractivity contribution is -0.0505. The molecule has 0 spiro atoms. The van der Waals surface area contributed by atoms with Crippen LogP contribution in [0.2, 0.25) is 0 Å². The van der Waals surface area contributed by atoms with Crippen molar-refractivity contribution in [1.29, 1.82) is 0 Å². The summed E-state index contributed by atoms with van der Waals surface area (Å²) < 4.78 is 83.4. The molecule has 2 fully saturated rings. The Bertz CT molecular complexity index is 2050. The lowest BCUT2D eigenvalue weighted by atomic mass is 10.1. The number of aliphatic hydroxyl groups excluding tert-OH is 4. The number of hydrogen-bond donors (Lipinski definition) is 13. The Balaban J connectivity index is 0.00000280. The molecule has 0 radical (unpaired) electrons. The van der Waals surface area contributed by atoms with Gasteiger partial charge in [0.1, 0.15) is 60.3 Å². The maximum absolute atomic E-state index is 12.4. The number of nitrogens with two attached hydrogens (primary N) is 2. The third-order valence-electron chi connectivity index (χ3n) is 7.42. The molecule has 12 atom stereocenters. The van der Waals surface area contributed by atoms with Crippen LogP contribution in [0.1, 0.15) is 12.5 Å². The molecule has 36 heteroatoms. The van der Waals surface area contributed by atoms with E-state index in [4.69, 9.17) is 20.9 Å². The Morgan fingerprint density at radius 2 is 0.911 bits per heavy atom. The molecule has 316 valence electrons. The summed E-state index contributed by atoms with van der Waals surface area (Å²) in [5.74, 6) is -0.0284. The van der Waals surface area contributed by atoms with Crippen molar-refractivity contribution in [2.45, 2.75) is 49.1 Å². The van der Waals surface area contributed by atoms with Gasteiger partial charge in [-0.3, -0.25) is 18.2 Å². The molecule has 0 aromatic carbocycles. The monoisotopic (exact) mass is 887 g/mol. The summed E-state index contributed by atoms with van der Waals surface area (Å²) in [7, 11) is -23.9. The summed E-state index contributed by atoms with van der Waals surface area (Å²) >= 11 is 0. The molecular weight excluding hydrogens is 850 g/mol. The van der Waals surface area contributed by atoms with E-state index in [-0.39, 0.29) is 52.4 Å². The van der Waals surface area contributed by atoms with Crippen molar-refractivity contribution in [1.82, 2.24) is 57.5 Å². The minimum Gasteiger partial charge on any atom is -0.387 e. The van der Waals surface area contributed by atoms with Gasteiger partial charge in [0.25, 0.3) is 0 Å². The van der Waals surface area contributed by atoms with Crippen molar-refractivity contribution in [3.8, 4) is 0 Å². The number of aromatic nitrogens is 8. The standard InChI is InChI=1S/C20H28N10O19P4.3H3N/c21-15-9-17(25-3-23-15)29(5-27-9)19-13(33)11(31)7(45-19)1-43-50(35,36)47-52(39,40)49-53(41,42)48-51(37,38)44-2-8-12(32)14(34)20(46-8)30-6-28-10-16(22)24-4-26-18(10)30;;;/h3-8,11-14,19-20,31-34H,1-2H2,(H,35,36)(H,37,38)(H,39,40)(H,41,42)(H2,21,23,25)(H2,22,24,26);3*1H3/t7-,8+,11+,12-,13-,14+,19-,20+;;;. The van der Waals surface area contributed by atoms with Crippen LogP contribution in [-0.4, -0.2) is 129 Å². The van der Waals surface area contributed by atoms with E-state index in [2.05, 4.69) is 51.9 Å². The van der Waals surface area contributed by atoms with Gasteiger partial charge in [-0.2, -0.15) is 12.9 Å². The van der Waals surface area contributed by atoms with Crippen LogP contribution in [-0.2, 0) is 49.7 Å². The van der Waals surface area contributed by atoms with Gasteiger partial charge in [-0.25, -0.2) is 48.2 Å². The molecule has 4 unspecified atom stereocenters. The van der Waals surface area contributed by atoms with E-state index in [9.17, 15) is 58.3 Å². The molecule has 2 aliphatic heterocycles. The van der Waals surface area contributed by atoms with Gasteiger partial charge in [0, 0.05) is 0 Å². The van der Waals surface area contributed by atoms with Crippen LogP contribution in [0.4, 0.5) is 11.6 Å². The number of imidazole rings is 2. The number of anilines is 2. The molecule has 2 aliphatic rings. The highest BCUT2D eigenvalue weighted by Crippen LogP contribution is 2.71. The van der Waals surface area contributed by atoms with Crippen molar-refractivity contribution >= 4 is 65.3 Å². The summed E-state index contributed by atoms with van der Waals surface area (Å²) in [4.78, 5) is 63.0. The number of nitrogen functional groups attached to an aromatic ring is 2.